The fourth-order valence-electron chi connectivity index (χ4n) is 2.05. The first-order chi connectivity index (χ1) is 11.4. The SMILES string of the molecule is C#CC(C)(C)c1nnc(N=Nc2ccc(N(CC)CC)cc2O)s1. The Morgan fingerprint density at radius 1 is 1.25 bits per heavy atom. The van der Waals surface area contributed by atoms with E-state index in [0.717, 1.165) is 18.8 Å². The zero-order chi connectivity index (χ0) is 17.7. The van der Waals surface area contributed by atoms with Gasteiger partial charge in [0, 0.05) is 24.8 Å². The average molecular weight is 343 g/mol. The fraction of sp³-hybridized carbons (Fsp3) is 0.412. The Balaban J connectivity index is 2.20. The van der Waals surface area contributed by atoms with Gasteiger partial charge in [-0.05, 0) is 39.8 Å². The van der Waals surface area contributed by atoms with E-state index < -0.39 is 5.41 Å². The number of nitrogens with zero attached hydrogens (tertiary/aromatic N) is 5. The van der Waals surface area contributed by atoms with Gasteiger partial charge in [-0.3, -0.25) is 0 Å². The highest BCUT2D eigenvalue weighted by molar-refractivity contribution is 7.15. The normalized spacial score (nSPS) is 11.6. The summed E-state index contributed by atoms with van der Waals surface area (Å²) in [5.41, 5.74) is 0.850. The fourth-order valence-corrected chi connectivity index (χ4v) is 2.78. The highest BCUT2D eigenvalue weighted by Crippen LogP contribution is 2.34. The van der Waals surface area contributed by atoms with Gasteiger partial charge in [0.25, 0.3) is 5.13 Å². The molecule has 0 radical (unpaired) electrons. The van der Waals surface area contributed by atoms with E-state index >= 15 is 0 Å². The van der Waals surface area contributed by atoms with Crippen LogP contribution in [0.2, 0.25) is 0 Å². The molecule has 126 valence electrons. The molecule has 7 heteroatoms. The first-order valence-corrected chi connectivity index (χ1v) is 8.54. The van der Waals surface area contributed by atoms with Gasteiger partial charge in [-0.2, -0.15) is 0 Å². The molecule has 0 unspecified atom stereocenters. The minimum atomic E-state index is -0.487. The molecule has 6 nitrogen and oxygen atoms in total. The van der Waals surface area contributed by atoms with Crippen molar-refractivity contribution in [1.29, 1.82) is 0 Å². The van der Waals surface area contributed by atoms with E-state index in [4.69, 9.17) is 6.42 Å². The molecule has 1 heterocycles. The molecule has 1 aromatic heterocycles. The Morgan fingerprint density at radius 3 is 2.54 bits per heavy atom. The lowest BCUT2D eigenvalue weighted by molar-refractivity contribution is 0.476. The van der Waals surface area contributed by atoms with Crippen LogP contribution in [0.15, 0.2) is 28.4 Å². The van der Waals surface area contributed by atoms with Crippen LogP contribution in [-0.4, -0.2) is 28.4 Å². The minimum absolute atomic E-state index is 0.0804. The lowest BCUT2D eigenvalue weighted by Gasteiger charge is -2.21. The van der Waals surface area contributed by atoms with Crippen LogP contribution in [0.1, 0.15) is 32.7 Å². The van der Waals surface area contributed by atoms with Crippen molar-refractivity contribution in [2.75, 3.05) is 18.0 Å². The predicted octanol–water partition coefficient (Wildman–Crippen LogP) is 4.42. The van der Waals surface area contributed by atoms with Gasteiger partial charge < -0.3 is 10.0 Å². The highest BCUT2D eigenvalue weighted by atomic mass is 32.1. The van der Waals surface area contributed by atoms with Gasteiger partial charge in [0.2, 0.25) is 0 Å². The van der Waals surface area contributed by atoms with E-state index in [9.17, 15) is 5.11 Å². The maximum Gasteiger partial charge on any atom is 0.251 e. The summed E-state index contributed by atoms with van der Waals surface area (Å²) in [6.45, 7) is 9.67. The third-order valence-electron chi connectivity index (χ3n) is 3.64. The summed E-state index contributed by atoms with van der Waals surface area (Å²) in [5, 5.41) is 27.4. The van der Waals surface area contributed by atoms with Crippen LogP contribution in [0.3, 0.4) is 0 Å². The molecule has 0 saturated heterocycles. The number of terminal acetylenes is 1. The highest BCUT2D eigenvalue weighted by Gasteiger charge is 2.22. The van der Waals surface area contributed by atoms with Crippen molar-refractivity contribution in [3.63, 3.8) is 0 Å². The second-order valence-electron chi connectivity index (χ2n) is 5.70. The summed E-state index contributed by atoms with van der Waals surface area (Å²) in [6.07, 6.45) is 5.49. The monoisotopic (exact) mass is 343 g/mol. The van der Waals surface area contributed by atoms with Gasteiger partial charge in [-0.1, -0.05) is 17.3 Å². The molecule has 2 rings (SSSR count). The third kappa shape index (κ3) is 3.89. The molecule has 0 amide bonds. The quantitative estimate of drug-likeness (QED) is 0.622. The second-order valence-corrected chi connectivity index (χ2v) is 6.66. The molecule has 0 bridgehead atoms. The Hall–Kier alpha value is -2.46. The van der Waals surface area contributed by atoms with Crippen LogP contribution in [0.4, 0.5) is 16.5 Å². The van der Waals surface area contributed by atoms with Crippen LogP contribution in [0.25, 0.3) is 0 Å². The van der Waals surface area contributed by atoms with E-state index in [0.29, 0.717) is 15.8 Å². The van der Waals surface area contributed by atoms with Crippen molar-refractivity contribution in [2.45, 2.75) is 33.1 Å². The van der Waals surface area contributed by atoms with Crippen LogP contribution < -0.4 is 4.90 Å². The molecular formula is C17H21N5OS. The van der Waals surface area contributed by atoms with E-state index in [-0.39, 0.29) is 5.75 Å². The maximum atomic E-state index is 10.1. The Bertz CT molecular complexity index is 772. The number of hydrogen-bond acceptors (Lipinski definition) is 7. The number of hydrogen-bond donors (Lipinski definition) is 1. The van der Waals surface area contributed by atoms with Crippen molar-refractivity contribution < 1.29 is 5.11 Å². The number of azo groups is 1. The molecule has 0 aliphatic heterocycles. The minimum Gasteiger partial charge on any atom is -0.506 e. The van der Waals surface area contributed by atoms with E-state index in [1.54, 1.807) is 12.1 Å². The number of rotatable bonds is 6. The van der Waals surface area contributed by atoms with Crippen molar-refractivity contribution >= 4 is 27.8 Å². The van der Waals surface area contributed by atoms with Crippen LogP contribution in [-0.2, 0) is 5.41 Å². The Kier molecular flexibility index (Phi) is 5.52. The predicted molar refractivity (Wildman–Crippen MR) is 97.6 cm³/mol. The Labute approximate surface area is 146 Å². The summed E-state index contributed by atoms with van der Waals surface area (Å²) in [4.78, 5) is 2.14. The summed E-state index contributed by atoms with van der Waals surface area (Å²) in [6, 6.07) is 5.34. The van der Waals surface area contributed by atoms with E-state index in [1.807, 2.05) is 19.9 Å². The lowest BCUT2D eigenvalue weighted by atomic mass is 9.96. The molecule has 24 heavy (non-hydrogen) atoms. The molecular weight excluding hydrogens is 322 g/mol. The number of phenolic OH excluding ortho intramolecular Hbond substituents is 1. The van der Waals surface area contributed by atoms with Gasteiger partial charge in [0.15, 0.2) is 0 Å². The molecule has 0 fully saturated rings. The largest absolute Gasteiger partial charge is 0.506 e. The van der Waals surface area contributed by atoms with Gasteiger partial charge in [-0.25, -0.2) is 0 Å². The third-order valence-corrected chi connectivity index (χ3v) is 4.77. The van der Waals surface area contributed by atoms with Crippen LogP contribution >= 0.6 is 11.3 Å². The molecule has 2 aromatic rings. The summed E-state index contributed by atoms with van der Waals surface area (Å²) in [7, 11) is 0. The second kappa shape index (κ2) is 7.41. The van der Waals surface area contributed by atoms with Crippen molar-refractivity contribution in [2.24, 2.45) is 10.2 Å². The van der Waals surface area contributed by atoms with Crippen LogP contribution in [0, 0.1) is 12.3 Å². The Morgan fingerprint density at radius 2 is 1.96 bits per heavy atom. The summed E-state index contributed by atoms with van der Waals surface area (Å²) < 4.78 is 0. The standard InChI is InChI=1S/C17H21N5OS/c1-6-17(4,5)15-19-21-16(24-15)20-18-13-10-9-12(11-14(13)23)22(7-2)8-3/h1,9-11,23H,7-8H2,2-5H3. The molecule has 0 saturated carbocycles. The zero-order valence-electron chi connectivity index (χ0n) is 14.3. The molecule has 0 aliphatic carbocycles. The smallest absolute Gasteiger partial charge is 0.251 e. The van der Waals surface area contributed by atoms with Gasteiger partial charge >= 0.3 is 0 Å². The molecule has 1 N–H and O–H groups in total. The van der Waals surface area contributed by atoms with Gasteiger partial charge in [0.05, 0.1) is 5.41 Å². The van der Waals surface area contributed by atoms with Gasteiger partial charge in [-0.15, -0.1) is 26.8 Å². The maximum absolute atomic E-state index is 10.1. The first-order valence-electron chi connectivity index (χ1n) is 7.72. The van der Waals surface area contributed by atoms with Crippen LogP contribution in [0.5, 0.6) is 5.75 Å². The number of aromatic hydroxyl groups is 1. The van der Waals surface area contributed by atoms with E-state index in [1.165, 1.54) is 11.3 Å². The number of aromatic nitrogens is 2. The van der Waals surface area contributed by atoms with E-state index in [2.05, 4.69) is 45.1 Å². The lowest BCUT2D eigenvalue weighted by Crippen LogP contribution is -2.21. The van der Waals surface area contributed by atoms with Crippen molar-refractivity contribution in [3.8, 4) is 18.1 Å². The van der Waals surface area contributed by atoms with Crippen molar-refractivity contribution in [3.05, 3.63) is 23.2 Å². The average Bonchev–Trinajstić information content (AvgIpc) is 3.05. The summed E-state index contributed by atoms with van der Waals surface area (Å²) >= 11 is 1.29. The summed E-state index contributed by atoms with van der Waals surface area (Å²) in [5.74, 6) is 2.75. The molecule has 0 atom stereocenters. The topological polar surface area (TPSA) is 74.0 Å². The number of anilines is 1. The molecule has 0 aliphatic rings. The molecule has 1 aromatic carbocycles. The van der Waals surface area contributed by atoms with Gasteiger partial charge in [0.1, 0.15) is 16.4 Å². The first kappa shape index (κ1) is 17.9. The number of benzene rings is 1. The molecule has 0 spiro atoms. The zero-order valence-corrected chi connectivity index (χ0v) is 15.1. The van der Waals surface area contributed by atoms with Crippen molar-refractivity contribution in [1.82, 2.24) is 10.2 Å². The number of phenols is 1.